The molecule has 0 heterocycles. The first kappa shape index (κ1) is 31.5. The fourth-order valence-electron chi connectivity index (χ4n) is 3.72. The van der Waals surface area contributed by atoms with E-state index in [0.29, 0.717) is 12.1 Å². The Morgan fingerprint density at radius 1 is 0.816 bits per heavy atom. The number of nitrogens with one attached hydrogen (secondary N) is 1. The highest BCUT2D eigenvalue weighted by atomic mass is 16.7. The van der Waals surface area contributed by atoms with E-state index in [-0.39, 0.29) is 28.8 Å². The Morgan fingerprint density at radius 3 is 1.53 bits per heavy atom. The maximum absolute atomic E-state index is 11.7. The number of rotatable bonds is 9. The zero-order valence-electron chi connectivity index (χ0n) is 21.5. The number of hydrogen-bond acceptors (Lipinski definition) is 12. The van der Waals surface area contributed by atoms with Gasteiger partial charge in [-0.2, -0.15) is 0 Å². The van der Waals surface area contributed by atoms with Gasteiger partial charge in [0.1, 0.15) is 0 Å². The Kier molecular flexibility index (Phi) is 11.3. The number of methoxy groups -OCH3 is 1. The zero-order valence-corrected chi connectivity index (χ0v) is 21.5. The largest absolute Gasteiger partial charge is 0.467 e. The van der Waals surface area contributed by atoms with E-state index >= 15 is 0 Å². The summed E-state index contributed by atoms with van der Waals surface area (Å²) >= 11 is 0. The molecule has 0 saturated heterocycles. The number of nitro groups is 4. The highest BCUT2D eigenvalue weighted by Gasteiger charge is 2.42. The molecule has 3 rings (SSSR count). The second-order valence-corrected chi connectivity index (χ2v) is 7.07. The molecule has 0 saturated carbocycles. The van der Waals surface area contributed by atoms with Gasteiger partial charge >= 0.3 is 5.97 Å². The average molecular weight is 537 g/mol. The molecule has 2 aromatic carbocycles. The van der Waals surface area contributed by atoms with Crippen molar-refractivity contribution in [3.05, 3.63) is 75.8 Å². The summed E-state index contributed by atoms with van der Waals surface area (Å²) in [5.74, 6) is -1.80. The maximum atomic E-state index is 11.7. The van der Waals surface area contributed by atoms with E-state index in [2.05, 4.69) is 10.2 Å². The first-order valence-corrected chi connectivity index (χ1v) is 11.4. The van der Waals surface area contributed by atoms with Gasteiger partial charge in [-0.1, -0.05) is 27.7 Å². The fraction of sp³-hybridized carbons (Fsp3) is 0.409. The van der Waals surface area contributed by atoms with Gasteiger partial charge in [0.2, 0.25) is 0 Å². The van der Waals surface area contributed by atoms with Crippen molar-refractivity contribution in [2.75, 3.05) is 13.7 Å². The molecule has 2 aromatic rings. The molecule has 0 bridgehead atoms. The second kappa shape index (κ2) is 13.7. The molecule has 38 heavy (non-hydrogen) atoms. The Bertz CT molecular complexity index is 1170. The second-order valence-electron chi connectivity index (χ2n) is 7.07. The van der Waals surface area contributed by atoms with Crippen LogP contribution in [0.1, 0.15) is 51.7 Å². The molecule has 1 aliphatic carbocycles. The third-order valence-corrected chi connectivity index (χ3v) is 5.16. The number of carbonyl (C=O) groups is 1. The van der Waals surface area contributed by atoms with Gasteiger partial charge in [0.05, 0.1) is 50.1 Å². The van der Waals surface area contributed by atoms with Crippen LogP contribution < -0.4 is 5.48 Å². The SMILES string of the molecule is CC.CC.COC(=O)C(C)ONCC1c2cc([N+](=O)[O-])cc([N+](=O)[O-])c2-c2c1cc([N+](=O)[O-])cc2[N+](=O)[O-]. The van der Waals surface area contributed by atoms with Gasteiger partial charge in [-0.15, -0.1) is 0 Å². The third-order valence-electron chi connectivity index (χ3n) is 5.16. The van der Waals surface area contributed by atoms with E-state index in [4.69, 9.17) is 4.84 Å². The van der Waals surface area contributed by atoms with Gasteiger partial charge in [0.25, 0.3) is 22.7 Å². The summed E-state index contributed by atoms with van der Waals surface area (Å²) in [5, 5.41) is 46.2. The van der Waals surface area contributed by atoms with Crippen LogP contribution in [0.2, 0.25) is 0 Å². The van der Waals surface area contributed by atoms with E-state index < -0.39 is 60.4 Å². The monoisotopic (exact) mass is 537 g/mol. The molecule has 0 radical (unpaired) electrons. The Morgan fingerprint density at radius 2 is 1.21 bits per heavy atom. The molecule has 1 N–H and O–H groups in total. The molecule has 0 amide bonds. The number of ether oxygens (including phenoxy) is 1. The van der Waals surface area contributed by atoms with Crippen molar-refractivity contribution in [2.24, 2.45) is 0 Å². The van der Waals surface area contributed by atoms with E-state index in [0.717, 1.165) is 19.2 Å². The van der Waals surface area contributed by atoms with Crippen LogP contribution in [0.15, 0.2) is 24.3 Å². The highest BCUT2D eigenvalue weighted by Crippen LogP contribution is 2.54. The first-order valence-electron chi connectivity index (χ1n) is 11.4. The molecule has 0 aromatic heterocycles. The van der Waals surface area contributed by atoms with Crippen LogP contribution in [-0.2, 0) is 14.4 Å². The molecule has 16 nitrogen and oxygen atoms in total. The van der Waals surface area contributed by atoms with Crippen LogP contribution >= 0.6 is 0 Å². The smallest absolute Gasteiger partial charge is 0.336 e. The standard InChI is InChI=1S/C18H15N5O11.2C2H6/c1-8(18(24)33-2)34-19-7-13-11-3-9(20(25)26)5-14(22(29)30)16(11)17-12(13)4-10(21(27)28)6-15(17)23(31)32;2*1-2/h3-6,8,13,19H,7H2,1-2H3;2*1-2H3. The first-order chi connectivity index (χ1) is 18.0. The van der Waals surface area contributed by atoms with E-state index in [1.165, 1.54) is 6.92 Å². The van der Waals surface area contributed by atoms with Crippen LogP contribution in [0.25, 0.3) is 11.1 Å². The van der Waals surface area contributed by atoms with Crippen molar-refractivity contribution < 1.29 is 34.1 Å². The molecule has 0 aliphatic heterocycles. The summed E-state index contributed by atoms with van der Waals surface area (Å²) in [7, 11) is 1.13. The highest BCUT2D eigenvalue weighted by molar-refractivity contribution is 5.93. The minimum Gasteiger partial charge on any atom is -0.467 e. The van der Waals surface area contributed by atoms with E-state index in [9.17, 15) is 45.3 Å². The minimum absolute atomic E-state index is 0.0404. The number of nitrogens with zero attached hydrogens (tertiary/aromatic N) is 4. The number of hydrogen-bond donors (Lipinski definition) is 1. The molecule has 1 aliphatic rings. The van der Waals surface area contributed by atoms with Crippen molar-refractivity contribution in [1.29, 1.82) is 0 Å². The lowest BCUT2D eigenvalue weighted by atomic mass is 9.96. The van der Waals surface area contributed by atoms with Crippen molar-refractivity contribution in [2.45, 2.75) is 46.6 Å². The average Bonchev–Trinajstić information content (AvgIpc) is 3.22. The lowest BCUT2D eigenvalue weighted by Gasteiger charge is -2.16. The number of nitro benzene ring substituents is 4. The number of fused-ring (bicyclic) bond motifs is 3. The number of benzene rings is 2. The van der Waals surface area contributed by atoms with Crippen molar-refractivity contribution in [3.8, 4) is 11.1 Å². The molecule has 16 heteroatoms. The molecular weight excluding hydrogens is 510 g/mol. The normalized spacial score (nSPS) is 11.9. The topological polar surface area (TPSA) is 220 Å². The number of non-ortho nitro benzene ring substituents is 2. The number of carbonyl (C=O) groups excluding carboxylic acids is 1. The van der Waals surface area contributed by atoms with Gasteiger partial charge < -0.3 is 4.74 Å². The van der Waals surface area contributed by atoms with Crippen LogP contribution in [0.3, 0.4) is 0 Å². The molecule has 1 unspecified atom stereocenters. The molecule has 0 fully saturated rings. The Labute approximate surface area is 216 Å². The van der Waals surface area contributed by atoms with Crippen molar-refractivity contribution in [3.63, 3.8) is 0 Å². The van der Waals surface area contributed by atoms with Crippen LogP contribution in [0.4, 0.5) is 22.7 Å². The summed E-state index contributed by atoms with van der Waals surface area (Å²) in [5.41, 5.74) is -1.01. The van der Waals surface area contributed by atoms with Crippen LogP contribution in [0, 0.1) is 40.5 Å². The summed E-state index contributed by atoms with van der Waals surface area (Å²) in [6.45, 7) is 9.05. The Balaban J connectivity index is 0.00000172. The van der Waals surface area contributed by atoms with Gasteiger partial charge in [-0.25, -0.2) is 10.3 Å². The van der Waals surface area contributed by atoms with E-state index in [1.807, 2.05) is 27.7 Å². The predicted molar refractivity (Wildman–Crippen MR) is 134 cm³/mol. The molecular formula is C22H27N5O11. The number of hydroxylamine groups is 1. The van der Waals surface area contributed by atoms with Crippen LogP contribution in [0.5, 0.6) is 0 Å². The van der Waals surface area contributed by atoms with E-state index in [1.54, 1.807) is 0 Å². The van der Waals surface area contributed by atoms with Gasteiger partial charge in [-0.05, 0) is 18.1 Å². The lowest BCUT2D eigenvalue weighted by molar-refractivity contribution is -0.395. The summed E-state index contributed by atoms with van der Waals surface area (Å²) < 4.78 is 4.51. The Hall–Kier alpha value is -4.57. The predicted octanol–water partition coefficient (Wildman–Crippen LogP) is 4.57. The summed E-state index contributed by atoms with van der Waals surface area (Å²) in [6, 6.07) is 3.35. The lowest BCUT2D eigenvalue weighted by Crippen LogP contribution is -2.31. The molecule has 1 atom stereocenters. The molecule has 0 spiro atoms. The fourth-order valence-corrected chi connectivity index (χ4v) is 3.72. The molecule has 206 valence electrons. The number of esters is 1. The van der Waals surface area contributed by atoms with Gasteiger partial charge in [0, 0.05) is 24.6 Å². The summed E-state index contributed by atoms with van der Waals surface area (Å²) in [4.78, 5) is 59.3. The summed E-state index contributed by atoms with van der Waals surface area (Å²) in [6.07, 6.45) is -1.09. The van der Waals surface area contributed by atoms with Crippen molar-refractivity contribution >= 4 is 28.7 Å². The van der Waals surface area contributed by atoms with Gasteiger partial charge in [-0.3, -0.25) is 45.3 Å². The van der Waals surface area contributed by atoms with Crippen LogP contribution in [-0.4, -0.2) is 45.4 Å². The quantitative estimate of drug-likeness (QED) is 0.264. The zero-order chi connectivity index (χ0) is 29.3. The third kappa shape index (κ3) is 6.40. The minimum atomic E-state index is -1.09. The maximum Gasteiger partial charge on any atom is 0.336 e. The van der Waals surface area contributed by atoms with Crippen molar-refractivity contribution in [1.82, 2.24) is 5.48 Å². The van der Waals surface area contributed by atoms with Gasteiger partial charge in [0.15, 0.2) is 6.10 Å².